The van der Waals surface area contributed by atoms with Crippen molar-refractivity contribution in [2.75, 3.05) is 25.6 Å². The molecule has 0 aliphatic carbocycles. The number of hydrogen-bond acceptors (Lipinski definition) is 4. The molecule has 1 atom stereocenters. The number of unbranched alkanes of at least 4 members (excludes halogenated alkanes) is 5. The van der Waals surface area contributed by atoms with Gasteiger partial charge in [-0.1, -0.05) is 51.2 Å². The van der Waals surface area contributed by atoms with Crippen LogP contribution in [0.4, 0.5) is 5.69 Å². The molecule has 0 aromatic heterocycles. The number of anilines is 1. The fraction of sp³-hybridized carbons (Fsp3) is 0.647. The minimum Gasteiger partial charge on any atom is -0.489 e. The Balaban J connectivity index is 1.99. The Morgan fingerprint density at radius 3 is 2.52 bits per heavy atom. The number of aliphatic hydroxyl groups excluding tert-OH is 1. The van der Waals surface area contributed by atoms with Crippen molar-refractivity contribution in [3.8, 4) is 5.75 Å². The minimum atomic E-state index is -0.621. The zero-order valence-electron chi connectivity index (χ0n) is 13.1. The van der Waals surface area contributed by atoms with E-state index in [1.54, 1.807) is 12.1 Å². The fourth-order valence-electron chi connectivity index (χ4n) is 2.05. The maximum Gasteiger partial charge on any atom is 0.142 e. The summed E-state index contributed by atoms with van der Waals surface area (Å²) in [5.74, 6) is 0.604. The Labute approximate surface area is 128 Å². The molecule has 0 radical (unpaired) electrons. The van der Waals surface area contributed by atoms with E-state index < -0.39 is 6.10 Å². The van der Waals surface area contributed by atoms with E-state index in [2.05, 4.69) is 6.92 Å². The van der Waals surface area contributed by atoms with Gasteiger partial charge in [-0.2, -0.15) is 0 Å². The number of hydrogen-bond donors (Lipinski definition) is 2. The summed E-state index contributed by atoms with van der Waals surface area (Å²) in [4.78, 5) is 0. The largest absolute Gasteiger partial charge is 0.489 e. The van der Waals surface area contributed by atoms with Crippen molar-refractivity contribution < 1.29 is 14.6 Å². The second-order valence-corrected chi connectivity index (χ2v) is 5.35. The summed E-state index contributed by atoms with van der Waals surface area (Å²) < 4.78 is 10.9. The van der Waals surface area contributed by atoms with Gasteiger partial charge in [0.1, 0.15) is 18.5 Å². The van der Waals surface area contributed by atoms with Crippen molar-refractivity contribution >= 4 is 5.69 Å². The van der Waals surface area contributed by atoms with Gasteiger partial charge in [0.25, 0.3) is 0 Å². The molecule has 0 spiro atoms. The second kappa shape index (κ2) is 11.4. The first-order chi connectivity index (χ1) is 10.2. The molecular weight excluding hydrogens is 266 g/mol. The molecule has 0 saturated carbocycles. The van der Waals surface area contributed by atoms with Crippen LogP contribution in [0.3, 0.4) is 0 Å². The molecular formula is C17H29NO3. The second-order valence-electron chi connectivity index (χ2n) is 5.35. The third-order valence-electron chi connectivity index (χ3n) is 3.30. The summed E-state index contributed by atoms with van der Waals surface area (Å²) in [6, 6.07) is 7.27. The highest BCUT2D eigenvalue weighted by molar-refractivity contribution is 5.51. The average molecular weight is 295 g/mol. The smallest absolute Gasteiger partial charge is 0.142 e. The summed E-state index contributed by atoms with van der Waals surface area (Å²) >= 11 is 0. The first-order valence-corrected chi connectivity index (χ1v) is 7.97. The predicted molar refractivity (Wildman–Crippen MR) is 86.6 cm³/mol. The molecule has 0 aliphatic rings. The van der Waals surface area contributed by atoms with Gasteiger partial charge in [-0.25, -0.2) is 0 Å². The third-order valence-corrected chi connectivity index (χ3v) is 3.30. The van der Waals surface area contributed by atoms with E-state index in [0.29, 0.717) is 24.7 Å². The highest BCUT2D eigenvalue weighted by atomic mass is 16.5. The van der Waals surface area contributed by atoms with Crippen LogP contribution in [0.5, 0.6) is 5.75 Å². The van der Waals surface area contributed by atoms with Gasteiger partial charge in [0, 0.05) is 6.61 Å². The maximum atomic E-state index is 9.78. The van der Waals surface area contributed by atoms with Crippen molar-refractivity contribution in [2.24, 2.45) is 0 Å². The first-order valence-electron chi connectivity index (χ1n) is 7.97. The predicted octanol–water partition coefficient (Wildman–Crippen LogP) is 3.39. The maximum absolute atomic E-state index is 9.78. The number of rotatable bonds is 12. The summed E-state index contributed by atoms with van der Waals surface area (Å²) in [7, 11) is 0. The third kappa shape index (κ3) is 8.58. The van der Waals surface area contributed by atoms with Crippen LogP contribution in [-0.4, -0.2) is 31.0 Å². The topological polar surface area (TPSA) is 64.7 Å². The molecule has 21 heavy (non-hydrogen) atoms. The van der Waals surface area contributed by atoms with Gasteiger partial charge < -0.3 is 20.3 Å². The monoisotopic (exact) mass is 295 g/mol. The lowest BCUT2D eigenvalue weighted by Gasteiger charge is -2.13. The van der Waals surface area contributed by atoms with Gasteiger partial charge in [0.05, 0.1) is 12.3 Å². The van der Waals surface area contributed by atoms with E-state index in [1.807, 2.05) is 12.1 Å². The highest BCUT2D eigenvalue weighted by Crippen LogP contribution is 2.19. The van der Waals surface area contributed by atoms with Gasteiger partial charge in [-0.15, -0.1) is 0 Å². The number of nitrogen functional groups attached to an aromatic ring is 1. The Bertz CT molecular complexity index is 371. The van der Waals surface area contributed by atoms with Gasteiger partial charge in [0.15, 0.2) is 0 Å². The van der Waals surface area contributed by atoms with E-state index in [-0.39, 0.29) is 6.61 Å². The van der Waals surface area contributed by atoms with Crippen LogP contribution in [0.25, 0.3) is 0 Å². The van der Waals surface area contributed by atoms with Crippen LogP contribution in [0.15, 0.2) is 24.3 Å². The fourth-order valence-corrected chi connectivity index (χ4v) is 2.05. The average Bonchev–Trinajstić information content (AvgIpc) is 2.49. The van der Waals surface area contributed by atoms with Gasteiger partial charge >= 0.3 is 0 Å². The zero-order chi connectivity index (χ0) is 15.3. The molecule has 0 bridgehead atoms. The minimum absolute atomic E-state index is 0.199. The molecule has 0 fully saturated rings. The SMILES string of the molecule is CCCCCCCCOCC(O)COc1ccccc1N. The lowest BCUT2D eigenvalue weighted by molar-refractivity contribution is 0.0111. The van der Waals surface area contributed by atoms with E-state index in [9.17, 15) is 5.11 Å². The number of benzene rings is 1. The van der Waals surface area contributed by atoms with E-state index in [0.717, 1.165) is 6.42 Å². The quantitative estimate of drug-likeness (QED) is 0.458. The van der Waals surface area contributed by atoms with Gasteiger partial charge in [-0.05, 0) is 18.6 Å². The molecule has 0 saturated heterocycles. The highest BCUT2D eigenvalue weighted by Gasteiger charge is 2.06. The van der Waals surface area contributed by atoms with Crippen LogP contribution in [0.2, 0.25) is 0 Å². The molecule has 1 aromatic carbocycles. The normalized spacial score (nSPS) is 12.3. The van der Waals surface area contributed by atoms with Crippen LogP contribution in [-0.2, 0) is 4.74 Å². The van der Waals surface area contributed by atoms with Crippen molar-refractivity contribution in [3.63, 3.8) is 0 Å². The summed E-state index contributed by atoms with van der Waals surface area (Å²) in [5, 5.41) is 9.78. The molecule has 1 unspecified atom stereocenters. The Kier molecular flexibility index (Phi) is 9.66. The van der Waals surface area contributed by atoms with Crippen molar-refractivity contribution in [1.29, 1.82) is 0 Å². The first kappa shape index (κ1) is 17.8. The van der Waals surface area contributed by atoms with Crippen molar-refractivity contribution in [2.45, 2.75) is 51.6 Å². The Morgan fingerprint density at radius 1 is 1.05 bits per heavy atom. The lowest BCUT2D eigenvalue weighted by Crippen LogP contribution is -2.24. The molecule has 1 rings (SSSR count). The molecule has 120 valence electrons. The van der Waals surface area contributed by atoms with E-state index in [4.69, 9.17) is 15.2 Å². The van der Waals surface area contributed by atoms with Crippen LogP contribution < -0.4 is 10.5 Å². The van der Waals surface area contributed by atoms with Crippen LogP contribution in [0, 0.1) is 0 Å². The van der Waals surface area contributed by atoms with Crippen molar-refractivity contribution in [3.05, 3.63) is 24.3 Å². The standard InChI is InChI=1S/C17H29NO3/c1-2-3-4-5-6-9-12-20-13-15(19)14-21-17-11-8-7-10-16(17)18/h7-8,10-11,15,19H,2-6,9,12-14,18H2,1H3. The zero-order valence-corrected chi connectivity index (χ0v) is 13.1. The van der Waals surface area contributed by atoms with E-state index in [1.165, 1.54) is 32.1 Å². The summed E-state index contributed by atoms with van der Waals surface area (Å²) in [6.45, 7) is 3.43. The van der Waals surface area contributed by atoms with Crippen LogP contribution in [0.1, 0.15) is 45.4 Å². The van der Waals surface area contributed by atoms with Crippen LogP contribution >= 0.6 is 0 Å². The Hall–Kier alpha value is -1.26. The number of aliphatic hydroxyl groups is 1. The van der Waals surface area contributed by atoms with Gasteiger partial charge in [-0.3, -0.25) is 0 Å². The Morgan fingerprint density at radius 2 is 1.76 bits per heavy atom. The number of ether oxygens (including phenoxy) is 2. The molecule has 4 heteroatoms. The lowest BCUT2D eigenvalue weighted by atomic mass is 10.1. The van der Waals surface area contributed by atoms with Gasteiger partial charge in [0.2, 0.25) is 0 Å². The van der Waals surface area contributed by atoms with Crippen molar-refractivity contribution in [1.82, 2.24) is 0 Å². The molecule has 0 heterocycles. The molecule has 1 aromatic rings. The molecule has 4 nitrogen and oxygen atoms in total. The number of nitrogens with two attached hydrogens (primary N) is 1. The van der Waals surface area contributed by atoms with E-state index >= 15 is 0 Å². The molecule has 3 N–H and O–H groups in total. The number of para-hydroxylation sites is 2. The summed E-state index contributed by atoms with van der Waals surface area (Å²) in [6.07, 6.45) is 6.82. The summed E-state index contributed by atoms with van der Waals surface area (Å²) in [5.41, 5.74) is 6.34. The molecule has 0 amide bonds. The molecule has 0 aliphatic heterocycles.